The maximum atomic E-state index is 5.39. The van der Waals surface area contributed by atoms with Crippen molar-refractivity contribution in [3.63, 3.8) is 0 Å². The second kappa shape index (κ2) is 6.14. The van der Waals surface area contributed by atoms with E-state index in [9.17, 15) is 0 Å². The second-order valence-corrected chi connectivity index (χ2v) is 5.24. The monoisotopic (exact) mass is 249 g/mol. The molecule has 0 aromatic carbocycles. The number of ether oxygens (including phenoxy) is 1. The van der Waals surface area contributed by atoms with Gasteiger partial charge >= 0.3 is 0 Å². The number of anilines is 1. The Kier molecular flexibility index (Phi) is 4.53. The van der Waals surface area contributed by atoms with E-state index >= 15 is 0 Å². The molecule has 0 spiro atoms. The fourth-order valence-corrected chi connectivity index (χ4v) is 2.40. The molecule has 1 saturated heterocycles. The number of rotatable bonds is 4. The molecule has 4 nitrogen and oxygen atoms in total. The summed E-state index contributed by atoms with van der Waals surface area (Å²) in [6.07, 6.45) is 5.44. The summed E-state index contributed by atoms with van der Waals surface area (Å²) < 4.78 is 5.39. The first-order valence-corrected chi connectivity index (χ1v) is 6.76. The van der Waals surface area contributed by atoms with Crippen molar-refractivity contribution >= 4 is 5.82 Å². The first-order chi connectivity index (χ1) is 8.68. The standard InChI is InChI=1S/C14H23N3O/c1-11-10-15-16-14(12(11)2)17(3)7-4-13-5-8-18-9-6-13/h10,13H,4-9H2,1-3H3. The molecule has 2 heterocycles. The summed E-state index contributed by atoms with van der Waals surface area (Å²) >= 11 is 0. The van der Waals surface area contributed by atoms with E-state index in [-0.39, 0.29) is 0 Å². The van der Waals surface area contributed by atoms with Gasteiger partial charge in [0.05, 0.1) is 6.20 Å². The van der Waals surface area contributed by atoms with Crippen LogP contribution < -0.4 is 4.90 Å². The zero-order valence-electron chi connectivity index (χ0n) is 11.6. The van der Waals surface area contributed by atoms with Gasteiger partial charge < -0.3 is 9.64 Å². The van der Waals surface area contributed by atoms with Crippen molar-refractivity contribution in [3.8, 4) is 0 Å². The van der Waals surface area contributed by atoms with Gasteiger partial charge in [0.2, 0.25) is 0 Å². The first-order valence-electron chi connectivity index (χ1n) is 6.76. The molecular formula is C14H23N3O. The molecule has 0 atom stereocenters. The van der Waals surface area contributed by atoms with E-state index in [2.05, 4.69) is 36.0 Å². The Bertz CT molecular complexity index is 389. The number of nitrogens with zero attached hydrogens (tertiary/aromatic N) is 3. The van der Waals surface area contributed by atoms with E-state index in [0.29, 0.717) is 0 Å². The lowest BCUT2D eigenvalue weighted by molar-refractivity contribution is 0.0645. The lowest BCUT2D eigenvalue weighted by atomic mass is 9.96. The zero-order valence-corrected chi connectivity index (χ0v) is 11.6. The highest BCUT2D eigenvalue weighted by Gasteiger charge is 2.15. The molecule has 0 amide bonds. The average Bonchev–Trinajstić information content (AvgIpc) is 2.40. The van der Waals surface area contributed by atoms with Gasteiger partial charge in [0, 0.05) is 26.8 Å². The molecular weight excluding hydrogens is 226 g/mol. The normalized spacial score (nSPS) is 16.8. The van der Waals surface area contributed by atoms with E-state index in [1.54, 1.807) is 0 Å². The molecule has 0 saturated carbocycles. The van der Waals surface area contributed by atoms with Crippen molar-refractivity contribution in [2.24, 2.45) is 5.92 Å². The highest BCUT2D eigenvalue weighted by molar-refractivity contribution is 5.47. The second-order valence-electron chi connectivity index (χ2n) is 5.24. The van der Waals surface area contributed by atoms with Gasteiger partial charge in [-0.25, -0.2) is 0 Å². The highest BCUT2D eigenvalue weighted by atomic mass is 16.5. The van der Waals surface area contributed by atoms with Gasteiger partial charge in [-0.3, -0.25) is 0 Å². The van der Waals surface area contributed by atoms with E-state index in [0.717, 1.165) is 31.5 Å². The SMILES string of the molecule is Cc1cnnc(N(C)CCC2CCOCC2)c1C. The Morgan fingerprint density at radius 2 is 2.06 bits per heavy atom. The largest absolute Gasteiger partial charge is 0.381 e. The van der Waals surface area contributed by atoms with Gasteiger partial charge in [-0.05, 0) is 50.2 Å². The minimum atomic E-state index is 0.805. The van der Waals surface area contributed by atoms with Crippen molar-refractivity contribution in [1.82, 2.24) is 10.2 Å². The number of aromatic nitrogens is 2. The number of hydrogen-bond donors (Lipinski definition) is 0. The van der Waals surface area contributed by atoms with Gasteiger partial charge in [-0.15, -0.1) is 5.10 Å². The van der Waals surface area contributed by atoms with Crippen LogP contribution in [-0.4, -0.2) is 37.0 Å². The van der Waals surface area contributed by atoms with E-state index in [1.165, 1.54) is 30.4 Å². The van der Waals surface area contributed by atoms with Crippen LogP contribution in [-0.2, 0) is 4.74 Å². The minimum Gasteiger partial charge on any atom is -0.381 e. The topological polar surface area (TPSA) is 38.2 Å². The van der Waals surface area contributed by atoms with Gasteiger partial charge in [-0.2, -0.15) is 5.10 Å². The number of aryl methyl sites for hydroxylation is 1. The Morgan fingerprint density at radius 3 is 2.78 bits per heavy atom. The molecule has 0 aliphatic carbocycles. The van der Waals surface area contributed by atoms with Crippen LogP contribution in [0, 0.1) is 19.8 Å². The van der Waals surface area contributed by atoms with Gasteiger partial charge in [0.1, 0.15) is 0 Å². The van der Waals surface area contributed by atoms with Crippen molar-refractivity contribution in [2.45, 2.75) is 33.1 Å². The first kappa shape index (κ1) is 13.3. The lowest BCUT2D eigenvalue weighted by Gasteiger charge is -2.26. The molecule has 0 N–H and O–H groups in total. The quantitative estimate of drug-likeness (QED) is 0.821. The van der Waals surface area contributed by atoms with Gasteiger partial charge in [0.15, 0.2) is 5.82 Å². The molecule has 18 heavy (non-hydrogen) atoms. The summed E-state index contributed by atoms with van der Waals surface area (Å²) in [5.41, 5.74) is 2.44. The number of hydrogen-bond acceptors (Lipinski definition) is 4. The third-order valence-corrected chi connectivity index (χ3v) is 3.91. The molecule has 0 radical (unpaired) electrons. The van der Waals surface area contributed by atoms with Crippen molar-refractivity contribution < 1.29 is 4.74 Å². The summed E-state index contributed by atoms with van der Waals surface area (Å²) in [6, 6.07) is 0. The Morgan fingerprint density at radius 1 is 1.33 bits per heavy atom. The smallest absolute Gasteiger partial charge is 0.154 e. The Hall–Kier alpha value is -1.16. The predicted molar refractivity (Wildman–Crippen MR) is 72.9 cm³/mol. The van der Waals surface area contributed by atoms with Crippen LogP contribution in [0.4, 0.5) is 5.82 Å². The highest BCUT2D eigenvalue weighted by Crippen LogP contribution is 2.21. The average molecular weight is 249 g/mol. The zero-order chi connectivity index (χ0) is 13.0. The summed E-state index contributed by atoms with van der Waals surface area (Å²) in [5.74, 6) is 1.82. The Labute approximate surface area is 109 Å². The molecule has 0 bridgehead atoms. The van der Waals surface area contributed by atoms with Crippen LogP contribution in [0.25, 0.3) is 0 Å². The fourth-order valence-electron chi connectivity index (χ4n) is 2.40. The minimum absolute atomic E-state index is 0.805. The molecule has 1 aliphatic rings. The molecule has 1 aliphatic heterocycles. The third-order valence-electron chi connectivity index (χ3n) is 3.91. The van der Waals surface area contributed by atoms with E-state index < -0.39 is 0 Å². The molecule has 100 valence electrons. The fraction of sp³-hybridized carbons (Fsp3) is 0.714. The summed E-state index contributed by atoms with van der Waals surface area (Å²) in [6.45, 7) is 7.10. The third kappa shape index (κ3) is 3.19. The van der Waals surface area contributed by atoms with Crippen LogP contribution in [0.3, 0.4) is 0 Å². The lowest BCUT2D eigenvalue weighted by Crippen LogP contribution is -2.25. The van der Waals surface area contributed by atoms with Crippen LogP contribution in [0.5, 0.6) is 0 Å². The van der Waals surface area contributed by atoms with Crippen molar-refractivity contribution in [3.05, 3.63) is 17.3 Å². The van der Waals surface area contributed by atoms with Crippen LogP contribution in [0.1, 0.15) is 30.4 Å². The molecule has 1 aromatic heterocycles. The molecule has 0 unspecified atom stereocenters. The molecule has 2 rings (SSSR count). The van der Waals surface area contributed by atoms with E-state index in [1.807, 2.05) is 6.20 Å². The van der Waals surface area contributed by atoms with Crippen molar-refractivity contribution in [1.29, 1.82) is 0 Å². The van der Waals surface area contributed by atoms with Crippen molar-refractivity contribution in [2.75, 3.05) is 31.7 Å². The van der Waals surface area contributed by atoms with Gasteiger partial charge in [-0.1, -0.05) is 0 Å². The molecule has 1 aromatic rings. The van der Waals surface area contributed by atoms with E-state index in [4.69, 9.17) is 4.74 Å². The van der Waals surface area contributed by atoms with Crippen LogP contribution in [0.15, 0.2) is 6.20 Å². The molecule has 4 heteroatoms. The molecule has 1 fully saturated rings. The van der Waals surface area contributed by atoms with Crippen LogP contribution in [0.2, 0.25) is 0 Å². The summed E-state index contributed by atoms with van der Waals surface area (Å²) in [4.78, 5) is 2.23. The maximum Gasteiger partial charge on any atom is 0.154 e. The maximum absolute atomic E-state index is 5.39. The summed E-state index contributed by atoms with van der Waals surface area (Å²) in [5, 5.41) is 8.30. The predicted octanol–water partition coefficient (Wildman–Crippen LogP) is 2.35. The van der Waals surface area contributed by atoms with Crippen LogP contribution >= 0.6 is 0 Å². The van der Waals surface area contributed by atoms with Gasteiger partial charge in [0.25, 0.3) is 0 Å². The summed E-state index contributed by atoms with van der Waals surface area (Å²) in [7, 11) is 2.11. The Balaban J connectivity index is 1.90.